The molecule has 0 aliphatic carbocycles. The number of para-hydroxylation sites is 1. The standard InChI is InChI=1S/C13H17FO/c1-2-3-8-13(14)9-11-6-4-5-7-12(11)15-10-13/h4-7H,2-3,8-10H2,1H3. The Bertz CT molecular complexity index is 337. The van der Waals surface area contributed by atoms with Crippen LogP contribution in [0.5, 0.6) is 5.75 Å². The zero-order valence-corrected chi connectivity index (χ0v) is 9.13. The Morgan fingerprint density at radius 2 is 2.20 bits per heavy atom. The van der Waals surface area contributed by atoms with Crippen LogP contribution in [-0.4, -0.2) is 12.3 Å². The van der Waals surface area contributed by atoms with E-state index >= 15 is 0 Å². The third kappa shape index (κ3) is 2.31. The van der Waals surface area contributed by atoms with Gasteiger partial charge in [0, 0.05) is 6.42 Å². The molecule has 2 heteroatoms. The van der Waals surface area contributed by atoms with Crippen molar-refractivity contribution in [2.45, 2.75) is 38.3 Å². The number of fused-ring (bicyclic) bond motifs is 1. The Labute approximate surface area is 90.3 Å². The molecule has 0 amide bonds. The van der Waals surface area contributed by atoms with Crippen molar-refractivity contribution in [3.63, 3.8) is 0 Å². The summed E-state index contributed by atoms with van der Waals surface area (Å²) in [4.78, 5) is 0. The van der Waals surface area contributed by atoms with Crippen molar-refractivity contribution in [1.29, 1.82) is 0 Å². The predicted molar refractivity (Wildman–Crippen MR) is 59.0 cm³/mol. The van der Waals surface area contributed by atoms with Crippen LogP contribution in [-0.2, 0) is 6.42 Å². The third-order valence-electron chi connectivity index (χ3n) is 2.94. The molecule has 1 heterocycles. The van der Waals surface area contributed by atoms with Crippen LogP contribution in [0.3, 0.4) is 0 Å². The lowest BCUT2D eigenvalue weighted by Gasteiger charge is -2.31. The molecule has 1 aliphatic rings. The maximum absolute atomic E-state index is 14.3. The second-order valence-corrected chi connectivity index (χ2v) is 4.33. The van der Waals surface area contributed by atoms with Crippen LogP contribution in [0.15, 0.2) is 24.3 Å². The number of hydrogen-bond acceptors (Lipinski definition) is 1. The van der Waals surface area contributed by atoms with Crippen molar-refractivity contribution in [2.75, 3.05) is 6.61 Å². The van der Waals surface area contributed by atoms with Crippen LogP contribution < -0.4 is 4.74 Å². The van der Waals surface area contributed by atoms with Gasteiger partial charge in [-0.05, 0) is 18.1 Å². The maximum atomic E-state index is 14.3. The van der Waals surface area contributed by atoms with Crippen LogP contribution in [0.1, 0.15) is 31.7 Å². The van der Waals surface area contributed by atoms with E-state index in [2.05, 4.69) is 6.92 Å². The third-order valence-corrected chi connectivity index (χ3v) is 2.94. The van der Waals surface area contributed by atoms with Gasteiger partial charge in [0.1, 0.15) is 18.0 Å². The Hall–Kier alpha value is -1.05. The molecule has 0 saturated carbocycles. The highest BCUT2D eigenvalue weighted by Gasteiger charge is 2.34. The van der Waals surface area contributed by atoms with Gasteiger partial charge in [0.25, 0.3) is 0 Å². The molecule has 0 aromatic heterocycles. The zero-order chi connectivity index (χ0) is 10.7. The highest BCUT2D eigenvalue weighted by molar-refractivity contribution is 5.36. The predicted octanol–water partition coefficient (Wildman–Crippen LogP) is 3.52. The topological polar surface area (TPSA) is 9.23 Å². The normalized spacial score (nSPS) is 24.4. The highest BCUT2D eigenvalue weighted by Crippen LogP contribution is 2.34. The minimum atomic E-state index is -1.15. The molecule has 82 valence electrons. The van der Waals surface area contributed by atoms with E-state index in [9.17, 15) is 4.39 Å². The first-order valence-corrected chi connectivity index (χ1v) is 5.63. The van der Waals surface area contributed by atoms with Crippen molar-refractivity contribution in [3.8, 4) is 5.75 Å². The van der Waals surface area contributed by atoms with E-state index in [1.807, 2.05) is 24.3 Å². The molecular weight excluding hydrogens is 191 g/mol. The van der Waals surface area contributed by atoms with Crippen molar-refractivity contribution in [3.05, 3.63) is 29.8 Å². The number of halogens is 1. The van der Waals surface area contributed by atoms with Crippen molar-refractivity contribution < 1.29 is 9.13 Å². The molecule has 0 saturated heterocycles. The van der Waals surface area contributed by atoms with Gasteiger partial charge in [0.05, 0.1) is 0 Å². The molecule has 15 heavy (non-hydrogen) atoms. The number of ether oxygens (including phenoxy) is 1. The molecular formula is C13H17FO. The van der Waals surface area contributed by atoms with Gasteiger partial charge in [-0.1, -0.05) is 38.0 Å². The average molecular weight is 208 g/mol. The molecule has 1 atom stereocenters. The first kappa shape index (κ1) is 10.5. The van der Waals surface area contributed by atoms with Gasteiger partial charge in [0.2, 0.25) is 0 Å². The van der Waals surface area contributed by atoms with Gasteiger partial charge in [-0.25, -0.2) is 4.39 Å². The monoisotopic (exact) mass is 208 g/mol. The molecule has 0 bridgehead atoms. The molecule has 2 rings (SSSR count). The lowest BCUT2D eigenvalue weighted by Crippen LogP contribution is -2.37. The molecule has 1 aromatic rings. The van der Waals surface area contributed by atoms with Crippen molar-refractivity contribution >= 4 is 0 Å². The van der Waals surface area contributed by atoms with Gasteiger partial charge in [0.15, 0.2) is 0 Å². The minimum absolute atomic E-state index is 0.212. The Balaban J connectivity index is 2.10. The lowest BCUT2D eigenvalue weighted by molar-refractivity contribution is 0.0570. The van der Waals surface area contributed by atoms with E-state index in [0.717, 1.165) is 24.2 Å². The summed E-state index contributed by atoms with van der Waals surface area (Å²) in [6.07, 6.45) is 3.08. The van der Waals surface area contributed by atoms with E-state index in [0.29, 0.717) is 12.8 Å². The van der Waals surface area contributed by atoms with Crippen molar-refractivity contribution in [2.24, 2.45) is 0 Å². The van der Waals surface area contributed by atoms with Crippen LogP contribution in [0.25, 0.3) is 0 Å². The first-order valence-electron chi connectivity index (χ1n) is 5.63. The van der Waals surface area contributed by atoms with E-state index in [1.54, 1.807) is 0 Å². The Morgan fingerprint density at radius 1 is 1.40 bits per heavy atom. The molecule has 0 spiro atoms. The largest absolute Gasteiger partial charge is 0.490 e. The number of benzene rings is 1. The second-order valence-electron chi connectivity index (χ2n) is 4.33. The maximum Gasteiger partial charge on any atom is 0.148 e. The van der Waals surface area contributed by atoms with Crippen molar-refractivity contribution in [1.82, 2.24) is 0 Å². The molecule has 1 aliphatic heterocycles. The summed E-state index contributed by atoms with van der Waals surface area (Å²) in [6, 6.07) is 7.73. The minimum Gasteiger partial charge on any atom is -0.490 e. The van der Waals surface area contributed by atoms with E-state index < -0.39 is 5.67 Å². The summed E-state index contributed by atoms with van der Waals surface area (Å²) >= 11 is 0. The van der Waals surface area contributed by atoms with E-state index in [4.69, 9.17) is 4.74 Å². The molecule has 1 nitrogen and oxygen atoms in total. The number of rotatable bonds is 3. The Kier molecular flexibility index (Phi) is 2.94. The summed E-state index contributed by atoms with van der Waals surface area (Å²) < 4.78 is 19.8. The average Bonchev–Trinajstić information content (AvgIpc) is 2.26. The summed E-state index contributed by atoms with van der Waals surface area (Å²) in [6.45, 7) is 2.30. The van der Waals surface area contributed by atoms with Gasteiger partial charge in [-0.2, -0.15) is 0 Å². The second kappa shape index (κ2) is 4.21. The van der Waals surface area contributed by atoms with Gasteiger partial charge < -0.3 is 4.74 Å². The number of unbranched alkanes of at least 4 members (excludes halogenated alkanes) is 1. The summed E-state index contributed by atoms with van der Waals surface area (Å²) in [5.74, 6) is 0.849. The van der Waals surface area contributed by atoms with Crippen LogP contribution in [0.4, 0.5) is 4.39 Å². The SMILES string of the molecule is CCCCC1(F)COc2ccccc2C1. The Morgan fingerprint density at radius 3 is 3.00 bits per heavy atom. The number of hydrogen-bond donors (Lipinski definition) is 0. The molecule has 1 aromatic carbocycles. The lowest BCUT2D eigenvalue weighted by atomic mass is 9.89. The molecule has 0 fully saturated rings. The zero-order valence-electron chi connectivity index (χ0n) is 9.13. The van der Waals surface area contributed by atoms with E-state index in [-0.39, 0.29) is 6.61 Å². The fraction of sp³-hybridized carbons (Fsp3) is 0.538. The molecule has 0 radical (unpaired) electrons. The van der Waals surface area contributed by atoms with Gasteiger partial charge in [-0.15, -0.1) is 0 Å². The summed E-state index contributed by atoms with van der Waals surface area (Å²) in [5, 5.41) is 0. The smallest absolute Gasteiger partial charge is 0.148 e. The highest BCUT2D eigenvalue weighted by atomic mass is 19.1. The van der Waals surface area contributed by atoms with Gasteiger partial charge in [-0.3, -0.25) is 0 Å². The fourth-order valence-electron chi connectivity index (χ4n) is 2.04. The fourth-order valence-corrected chi connectivity index (χ4v) is 2.04. The van der Waals surface area contributed by atoms with Crippen LogP contribution in [0.2, 0.25) is 0 Å². The first-order chi connectivity index (χ1) is 7.23. The number of alkyl halides is 1. The summed E-state index contributed by atoms with van der Waals surface area (Å²) in [7, 11) is 0. The van der Waals surface area contributed by atoms with Crippen LogP contribution in [0, 0.1) is 0 Å². The van der Waals surface area contributed by atoms with E-state index in [1.165, 1.54) is 0 Å². The molecule has 0 N–H and O–H groups in total. The van der Waals surface area contributed by atoms with Gasteiger partial charge >= 0.3 is 0 Å². The summed E-state index contributed by atoms with van der Waals surface area (Å²) in [5.41, 5.74) is -0.146. The van der Waals surface area contributed by atoms with Crippen LogP contribution >= 0.6 is 0 Å². The molecule has 1 unspecified atom stereocenters. The quantitative estimate of drug-likeness (QED) is 0.738.